The molecule has 1 aromatic carbocycles. The third kappa shape index (κ3) is 3.61. The Hall–Kier alpha value is -2.71. The average molecular weight is 369 g/mol. The number of benzene rings is 1. The Morgan fingerprint density at radius 3 is 2.65 bits per heavy atom. The van der Waals surface area contributed by atoms with E-state index in [1.54, 1.807) is 10.6 Å². The fraction of sp³-hybridized carbons (Fsp3) is 0.278. The van der Waals surface area contributed by atoms with E-state index in [9.17, 15) is 4.79 Å². The number of amides is 1. The van der Waals surface area contributed by atoms with Gasteiger partial charge in [-0.15, -0.1) is 10.2 Å². The van der Waals surface area contributed by atoms with Crippen LogP contribution in [0, 0.1) is 0 Å². The maximum Gasteiger partial charge on any atom is 0.268 e. The molecule has 0 saturated carbocycles. The molecule has 1 aliphatic rings. The van der Waals surface area contributed by atoms with E-state index in [4.69, 9.17) is 4.74 Å². The lowest BCUT2D eigenvalue weighted by Crippen LogP contribution is -2.36. The van der Waals surface area contributed by atoms with Crippen LogP contribution in [0.3, 0.4) is 0 Å². The summed E-state index contributed by atoms with van der Waals surface area (Å²) in [6.45, 7) is 3.51. The van der Waals surface area contributed by atoms with Crippen molar-refractivity contribution in [2.45, 2.75) is 6.54 Å². The van der Waals surface area contributed by atoms with Crippen molar-refractivity contribution in [2.24, 2.45) is 0 Å². The van der Waals surface area contributed by atoms with Crippen LogP contribution in [0.1, 0.15) is 16.1 Å². The van der Waals surface area contributed by atoms with E-state index in [0.29, 0.717) is 30.6 Å². The molecule has 0 spiro atoms. The first kappa shape index (κ1) is 16.7. The minimum atomic E-state index is -0.137. The lowest BCUT2D eigenvalue weighted by Gasteiger charge is -2.25. The summed E-state index contributed by atoms with van der Waals surface area (Å²) < 4.78 is 7.15. The van der Waals surface area contributed by atoms with Gasteiger partial charge in [-0.3, -0.25) is 9.36 Å². The highest BCUT2D eigenvalue weighted by atomic mass is 32.1. The quantitative estimate of drug-likeness (QED) is 0.746. The zero-order chi connectivity index (χ0) is 17.8. The Balaban J connectivity index is 1.48. The van der Waals surface area contributed by atoms with Crippen LogP contribution in [0.4, 0.5) is 5.13 Å². The fourth-order valence-corrected chi connectivity index (χ4v) is 3.69. The highest BCUT2D eigenvalue weighted by Crippen LogP contribution is 2.25. The Bertz CT molecular complexity index is 871. The molecule has 1 aliphatic heterocycles. The van der Waals surface area contributed by atoms with Crippen molar-refractivity contribution in [1.82, 2.24) is 20.1 Å². The Labute approximate surface area is 155 Å². The van der Waals surface area contributed by atoms with Gasteiger partial charge in [-0.05, 0) is 17.7 Å². The van der Waals surface area contributed by atoms with Gasteiger partial charge < -0.3 is 15.0 Å². The monoisotopic (exact) mass is 369 g/mol. The second-order valence-electron chi connectivity index (χ2n) is 5.90. The van der Waals surface area contributed by atoms with Crippen LogP contribution in [-0.2, 0) is 11.3 Å². The first-order valence-corrected chi connectivity index (χ1v) is 9.29. The van der Waals surface area contributed by atoms with Crippen molar-refractivity contribution >= 4 is 22.4 Å². The van der Waals surface area contributed by atoms with Crippen LogP contribution in [-0.4, -0.2) is 47.0 Å². The molecule has 1 fully saturated rings. The van der Waals surface area contributed by atoms with Gasteiger partial charge >= 0.3 is 0 Å². The van der Waals surface area contributed by atoms with E-state index in [1.165, 1.54) is 11.3 Å². The van der Waals surface area contributed by atoms with Crippen LogP contribution in [0.5, 0.6) is 0 Å². The second kappa shape index (κ2) is 7.67. The number of anilines is 1. The number of rotatable bonds is 5. The van der Waals surface area contributed by atoms with Gasteiger partial charge in [0.05, 0.1) is 13.2 Å². The number of carbonyl (C=O) groups is 1. The lowest BCUT2D eigenvalue weighted by molar-refractivity contribution is 0.0944. The van der Waals surface area contributed by atoms with E-state index in [0.717, 1.165) is 23.8 Å². The van der Waals surface area contributed by atoms with E-state index in [-0.39, 0.29) is 5.91 Å². The minimum Gasteiger partial charge on any atom is -0.378 e. The number of nitrogens with zero attached hydrogens (tertiary/aromatic N) is 4. The van der Waals surface area contributed by atoms with E-state index >= 15 is 0 Å². The maximum absolute atomic E-state index is 12.6. The van der Waals surface area contributed by atoms with Gasteiger partial charge in [-0.1, -0.05) is 41.7 Å². The van der Waals surface area contributed by atoms with Crippen molar-refractivity contribution in [2.75, 3.05) is 31.2 Å². The molecule has 8 heteroatoms. The first-order chi connectivity index (χ1) is 12.8. The number of hydrogen-bond donors (Lipinski definition) is 1. The molecule has 7 nitrogen and oxygen atoms in total. The van der Waals surface area contributed by atoms with Gasteiger partial charge in [0, 0.05) is 25.8 Å². The highest BCUT2D eigenvalue weighted by molar-refractivity contribution is 7.17. The largest absolute Gasteiger partial charge is 0.378 e. The molecule has 3 aromatic rings. The molecule has 1 N–H and O–H groups in total. The van der Waals surface area contributed by atoms with Crippen LogP contribution in [0.2, 0.25) is 0 Å². The number of ether oxygens (including phenoxy) is 1. The smallest absolute Gasteiger partial charge is 0.268 e. The lowest BCUT2D eigenvalue weighted by atomic mass is 10.2. The predicted molar refractivity (Wildman–Crippen MR) is 99.9 cm³/mol. The van der Waals surface area contributed by atoms with Gasteiger partial charge in [-0.25, -0.2) is 0 Å². The Morgan fingerprint density at radius 1 is 1.08 bits per heavy atom. The van der Waals surface area contributed by atoms with Crippen molar-refractivity contribution in [1.29, 1.82) is 0 Å². The summed E-state index contributed by atoms with van der Waals surface area (Å²) in [6, 6.07) is 13.5. The molecule has 26 heavy (non-hydrogen) atoms. The molecule has 3 heterocycles. The zero-order valence-electron chi connectivity index (χ0n) is 14.2. The Kier molecular flexibility index (Phi) is 4.94. The van der Waals surface area contributed by atoms with Gasteiger partial charge in [0.15, 0.2) is 0 Å². The highest BCUT2D eigenvalue weighted by Gasteiger charge is 2.19. The van der Waals surface area contributed by atoms with Crippen LogP contribution in [0.25, 0.3) is 5.13 Å². The number of hydrogen-bond acceptors (Lipinski definition) is 6. The van der Waals surface area contributed by atoms with E-state index < -0.39 is 0 Å². The molecule has 0 atom stereocenters. The Morgan fingerprint density at radius 2 is 1.85 bits per heavy atom. The standard InChI is InChI=1S/C18H19N5O2S/c24-16(19-13-14-5-2-1-3-6-14)15-7-4-8-23(15)18-21-20-17(26-18)22-9-11-25-12-10-22/h1-8H,9-13H2,(H,19,24). The molecule has 0 radical (unpaired) electrons. The number of carbonyl (C=O) groups excluding carboxylic acids is 1. The van der Waals surface area contributed by atoms with Crippen molar-refractivity contribution in [3.63, 3.8) is 0 Å². The maximum atomic E-state index is 12.6. The minimum absolute atomic E-state index is 0.137. The second-order valence-corrected chi connectivity index (χ2v) is 6.83. The first-order valence-electron chi connectivity index (χ1n) is 8.47. The van der Waals surface area contributed by atoms with Gasteiger partial charge in [-0.2, -0.15) is 0 Å². The third-order valence-corrected chi connectivity index (χ3v) is 5.15. The van der Waals surface area contributed by atoms with Gasteiger partial charge in [0.1, 0.15) is 5.69 Å². The molecule has 0 bridgehead atoms. The summed E-state index contributed by atoms with van der Waals surface area (Å²) in [5.74, 6) is -0.137. The number of morpholine rings is 1. The van der Waals surface area contributed by atoms with Crippen LogP contribution >= 0.6 is 11.3 Å². The molecule has 1 saturated heterocycles. The molecule has 1 amide bonds. The number of aromatic nitrogens is 3. The van der Waals surface area contributed by atoms with E-state index in [1.807, 2.05) is 42.6 Å². The summed E-state index contributed by atoms with van der Waals surface area (Å²) in [4.78, 5) is 14.7. The predicted octanol–water partition coefficient (Wildman–Crippen LogP) is 2.10. The summed E-state index contributed by atoms with van der Waals surface area (Å²) in [6.07, 6.45) is 1.83. The molecular weight excluding hydrogens is 350 g/mol. The third-order valence-electron chi connectivity index (χ3n) is 4.17. The summed E-state index contributed by atoms with van der Waals surface area (Å²) >= 11 is 1.47. The molecule has 0 aliphatic carbocycles. The summed E-state index contributed by atoms with van der Waals surface area (Å²) in [5, 5.41) is 13.0. The van der Waals surface area contributed by atoms with Gasteiger partial charge in [0.2, 0.25) is 10.3 Å². The zero-order valence-corrected chi connectivity index (χ0v) is 15.0. The average Bonchev–Trinajstić information content (AvgIpc) is 3.37. The van der Waals surface area contributed by atoms with Gasteiger partial charge in [0.25, 0.3) is 5.91 Å². The van der Waals surface area contributed by atoms with Crippen LogP contribution in [0.15, 0.2) is 48.7 Å². The fourth-order valence-electron chi connectivity index (χ4n) is 2.79. The van der Waals surface area contributed by atoms with Crippen molar-refractivity contribution < 1.29 is 9.53 Å². The molecule has 0 unspecified atom stereocenters. The van der Waals surface area contributed by atoms with E-state index in [2.05, 4.69) is 20.4 Å². The summed E-state index contributed by atoms with van der Waals surface area (Å²) in [5.41, 5.74) is 1.61. The SMILES string of the molecule is O=C(NCc1ccccc1)c1cccn1-c1nnc(N2CCOCC2)s1. The topological polar surface area (TPSA) is 72.3 Å². The molecule has 4 rings (SSSR count). The summed E-state index contributed by atoms with van der Waals surface area (Å²) in [7, 11) is 0. The number of nitrogens with one attached hydrogen (secondary N) is 1. The van der Waals surface area contributed by atoms with Crippen molar-refractivity contribution in [3.8, 4) is 5.13 Å². The molecule has 2 aromatic heterocycles. The normalized spacial score (nSPS) is 14.4. The molecule has 134 valence electrons. The van der Waals surface area contributed by atoms with Crippen molar-refractivity contribution in [3.05, 3.63) is 59.9 Å². The molecular formula is C18H19N5O2S. The van der Waals surface area contributed by atoms with Crippen LogP contribution < -0.4 is 10.2 Å².